The first-order chi connectivity index (χ1) is 17.0. The number of benzene rings is 1. The molecule has 1 aliphatic heterocycles. The molecule has 1 atom stereocenters. The van der Waals surface area contributed by atoms with Gasteiger partial charge in [-0.2, -0.15) is 5.10 Å². The summed E-state index contributed by atoms with van der Waals surface area (Å²) >= 11 is 0. The van der Waals surface area contributed by atoms with Crippen LogP contribution < -0.4 is 4.90 Å². The van der Waals surface area contributed by atoms with Gasteiger partial charge in [-0.05, 0) is 25.5 Å². The minimum absolute atomic E-state index is 0.0142. The van der Waals surface area contributed by atoms with Crippen molar-refractivity contribution in [1.82, 2.24) is 24.6 Å². The van der Waals surface area contributed by atoms with Crippen molar-refractivity contribution in [3.8, 4) is 5.69 Å². The Kier molecular flexibility index (Phi) is 7.94. The second-order valence-electron chi connectivity index (χ2n) is 8.90. The van der Waals surface area contributed by atoms with Gasteiger partial charge in [-0.15, -0.1) is 0 Å². The molecule has 9 heteroatoms. The Balaban J connectivity index is 1.56. The fourth-order valence-electron chi connectivity index (χ4n) is 4.46. The first-order valence-electron chi connectivity index (χ1n) is 12.5. The number of amides is 1. The summed E-state index contributed by atoms with van der Waals surface area (Å²) in [5.74, 6) is 1.58. The molecule has 186 valence electrons. The number of hydrogen-bond acceptors (Lipinski definition) is 7. The van der Waals surface area contributed by atoms with E-state index in [1.54, 1.807) is 6.92 Å². The Morgan fingerprint density at radius 2 is 1.77 bits per heavy atom. The molecule has 1 fully saturated rings. The van der Waals surface area contributed by atoms with E-state index < -0.39 is 0 Å². The number of anilines is 1. The summed E-state index contributed by atoms with van der Waals surface area (Å²) < 4.78 is 6.81. The third-order valence-electron chi connectivity index (χ3n) is 6.37. The number of nitrogens with zero attached hydrogens (tertiary/aromatic N) is 6. The van der Waals surface area contributed by atoms with E-state index in [1.807, 2.05) is 46.1 Å². The predicted octanol–water partition coefficient (Wildman–Crippen LogP) is 3.71. The second-order valence-corrected chi connectivity index (χ2v) is 8.90. The van der Waals surface area contributed by atoms with Gasteiger partial charge in [0.2, 0.25) is 5.91 Å². The molecule has 0 aliphatic carbocycles. The van der Waals surface area contributed by atoms with E-state index in [1.165, 1.54) is 0 Å². The number of piperazine rings is 1. The molecule has 2 aromatic heterocycles. The van der Waals surface area contributed by atoms with Gasteiger partial charge in [0.1, 0.15) is 11.6 Å². The predicted molar refractivity (Wildman–Crippen MR) is 135 cm³/mol. The normalized spacial score (nSPS) is 14.8. The molecule has 0 spiro atoms. The minimum Gasteiger partial charge on any atom is -0.466 e. The SMILES string of the molecule is CCCC(C)c1nc(N2CCN(C(=O)CCC(=O)OCC)CC2)c2cnn(-c3ccccc3)c2n1. The number of carbonyl (C=O) groups is 2. The van der Waals surface area contributed by atoms with Crippen LogP contribution in [-0.4, -0.2) is 69.3 Å². The monoisotopic (exact) mass is 478 g/mol. The number of hydrogen-bond donors (Lipinski definition) is 0. The number of aromatic nitrogens is 4. The highest BCUT2D eigenvalue weighted by Gasteiger charge is 2.26. The Morgan fingerprint density at radius 1 is 1.03 bits per heavy atom. The topological polar surface area (TPSA) is 93.5 Å². The van der Waals surface area contributed by atoms with E-state index in [2.05, 4.69) is 23.8 Å². The molecular formula is C26H34N6O3. The molecule has 0 bridgehead atoms. The van der Waals surface area contributed by atoms with Gasteiger partial charge in [-0.25, -0.2) is 14.6 Å². The van der Waals surface area contributed by atoms with Crippen LogP contribution >= 0.6 is 0 Å². The first kappa shape index (κ1) is 24.6. The molecule has 9 nitrogen and oxygen atoms in total. The first-order valence-corrected chi connectivity index (χ1v) is 12.5. The van der Waals surface area contributed by atoms with Gasteiger partial charge in [0.15, 0.2) is 5.65 Å². The highest BCUT2D eigenvalue weighted by atomic mass is 16.5. The van der Waals surface area contributed by atoms with Crippen LogP contribution in [0.1, 0.15) is 58.2 Å². The molecule has 1 unspecified atom stereocenters. The number of fused-ring (bicyclic) bond motifs is 1. The molecule has 3 aromatic rings. The summed E-state index contributed by atoms with van der Waals surface area (Å²) in [4.78, 5) is 38.2. The van der Waals surface area contributed by atoms with E-state index >= 15 is 0 Å². The van der Waals surface area contributed by atoms with Crippen molar-refractivity contribution in [1.29, 1.82) is 0 Å². The molecule has 1 aliphatic rings. The van der Waals surface area contributed by atoms with Crippen LogP contribution in [0.2, 0.25) is 0 Å². The lowest BCUT2D eigenvalue weighted by Gasteiger charge is -2.36. The zero-order valence-electron chi connectivity index (χ0n) is 20.8. The quantitative estimate of drug-likeness (QED) is 0.433. The molecule has 0 saturated carbocycles. The minimum atomic E-state index is -0.327. The maximum Gasteiger partial charge on any atom is 0.306 e. The third kappa shape index (κ3) is 5.61. The lowest BCUT2D eigenvalue weighted by Crippen LogP contribution is -2.49. The second kappa shape index (κ2) is 11.3. The van der Waals surface area contributed by atoms with Crippen LogP contribution in [0.5, 0.6) is 0 Å². The molecule has 1 aromatic carbocycles. The average Bonchev–Trinajstić information content (AvgIpc) is 3.32. The summed E-state index contributed by atoms with van der Waals surface area (Å²) in [6.07, 6.45) is 4.20. The van der Waals surface area contributed by atoms with Crippen LogP contribution in [0.4, 0.5) is 5.82 Å². The fraction of sp³-hybridized carbons (Fsp3) is 0.500. The van der Waals surface area contributed by atoms with Gasteiger partial charge >= 0.3 is 5.97 Å². The number of para-hydroxylation sites is 1. The molecule has 3 heterocycles. The van der Waals surface area contributed by atoms with Crippen molar-refractivity contribution in [2.75, 3.05) is 37.7 Å². The molecule has 0 N–H and O–H groups in total. The summed E-state index contributed by atoms with van der Waals surface area (Å²) in [5.41, 5.74) is 1.75. The zero-order valence-corrected chi connectivity index (χ0v) is 20.8. The van der Waals surface area contributed by atoms with Crippen molar-refractivity contribution in [2.24, 2.45) is 0 Å². The molecule has 35 heavy (non-hydrogen) atoms. The lowest BCUT2D eigenvalue weighted by atomic mass is 10.1. The Labute approximate surface area is 206 Å². The van der Waals surface area contributed by atoms with E-state index in [9.17, 15) is 9.59 Å². The number of esters is 1. The molecular weight excluding hydrogens is 444 g/mol. The van der Waals surface area contributed by atoms with Crippen LogP contribution in [0.15, 0.2) is 36.5 Å². The van der Waals surface area contributed by atoms with Crippen molar-refractivity contribution in [3.05, 3.63) is 42.4 Å². The maximum atomic E-state index is 12.6. The Morgan fingerprint density at radius 3 is 2.46 bits per heavy atom. The number of ether oxygens (including phenoxy) is 1. The van der Waals surface area contributed by atoms with E-state index in [0.29, 0.717) is 32.8 Å². The van der Waals surface area contributed by atoms with Crippen molar-refractivity contribution >= 4 is 28.7 Å². The van der Waals surface area contributed by atoms with Gasteiger partial charge in [0.05, 0.1) is 30.3 Å². The largest absolute Gasteiger partial charge is 0.466 e. The standard InChI is InChI=1S/C26H34N6O3/c1-4-9-19(3)24-28-25(21-18-27-32(26(21)29-24)20-10-7-6-8-11-20)31-16-14-30(15-17-31)22(33)12-13-23(34)35-5-2/h6-8,10-11,18-19H,4-5,9,12-17H2,1-3H3. The van der Waals surface area contributed by atoms with Gasteiger partial charge in [0.25, 0.3) is 0 Å². The summed E-state index contributed by atoms with van der Waals surface area (Å²) in [5, 5.41) is 5.55. The summed E-state index contributed by atoms with van der Waals surface area (Å²) in [6.45, 7) is 8.92. The number of carbonyl (C=O) groups excluding carboxylic acids is 2. The van der Waals surface area contributed by atoms with Gasteiger partial charge in [-0.1, -0.05) is 38.5 Å². The van der Waals surface area contributed by atoms with Crippen molar-refractivity contribution in [3.63, 3.8) is 0 Å². The maximum absolute atomic E-state index is 12.6. The zero-order chi connectivity index (χ0) is 24.8. The van der Waals surface area contributed by atoms with E-state index in [-0.39, 0.29) is 30.6 Å². The van der Waals surface area contributed by atoms with Crippen LogP contribution in [0, 0.1) is 0 Å². The smallest absolute Gasteiger partial charge is 0.306 e. The summed E-state index contributed by atoms with van der Waals surface area (Å²) in [7, 11) is 0. The average molecular weight is 479 g/mol. The van der Waals surface area contributed by atoms with Crippen LogP contribution in [0.3, 0.4) is 0 Å². The molecule has 1 amide bonds. The highest BCUT2D eigenvalue weighted by molar-refractivity contribution is 5.88. The van der Waals surface area contributed by atoms with E-state index in [0.717, 1.165) is 41.2 Å². The third-order valence-corrected chi connectivity index (χ3v) is 6.37. The van der Waals surface area contributed by atoms with Gasteiger partial charge in [-0.3, -0.25) is 9.59 Å². The summed E-state index contributed by atoms with van der Waals surface area (Å²) in [6, 6.07) is 10.00. The van der Waals surface area contributed by atoms with Crippen molar-refractivity contribution < 1.29 is 14.3 Å². The highest BCUT2D eigenvalue weighted by Crippen LogP contribution is 2.29. The van der Waals surface area contributed by atoms with Crippen molar-refractivity contribution in [2.45, 2.75) is 52.4 Å². The van der Waals surface area contributed by atoms with Gasteiger partial charge in [0, 0.05) is 38.5 Å². The molecule has 4 rings (SSSR count). The Hall–Kier alpha value is -3.49. The fourth-order valence-corrected chi connectivity index (χ4v) is 4.46. The van der Waals surface area contributed by atoms with Crippen LogP contribution in [0.25, 0.3) is 16.7 Å². The molecule has 0 radical (unpaired) electrons. The number of rotatable bonds is 9. The van der Waals surface area contributed by atoms with Crippen LogP contribution in [-0.2, 0) is 14.3 Å². The molecule has 1 saturated heterocycles. The van der Waals surface area contributed by atoms with Gasteiger partial charge < -0.3 is 14.5 Å². The Bertz CT molecular complexity index is 1150. The van der Waals surface area contributed by atoms with E-state index in [4.69, 9.17) is 14.7 Å². The lowest BCUT2D eigenvalue weighted by molar-refractivity contribution is -0.145.